The number of thiophene rings is 1. The van der Waals surface area contributed by atoms with Crippen molar-refractivity contribution in [2.24, 2.45) is 0 Å². The fourth-order valence-corrected chi connectivity index (χ4v) is 2.32. The van der Waals surface area contributed by atoms with Crippen LogP contribution < -0.4 is 5.32 Å². The number of carbonyl (C=O) groups excluding carboxylic acids is 1. The minimum atomic E-state index is -0.571. The summed E-state index contributed by atoms with van der Waals surface area (Å²) >= 11 is 1.43. The molecule has 0 aromatic carbocycles. The maximum absolute atomic E-state index is 11.8. The number of aliphatic hydroxyl groups is 1. The van der Waals surface area contributed by atoms with Crippen LogP contribution in [0.4, 0.5) is 5.69 Å². The number of amides is 1. The molecule has 2 heterocycles. The van der Waals surface area contributed by atoms with Crippen molar-refractivity contribution in [2.75, 3.05) is 6.61 Å². The summed E-state index contributed by atoms with van der Waals surface area (Å²) in [6, 6.07) is 2.99. The van der Waals surface area contributed by atoms with E-state index in [9.17, 15) is 14.9 Å². The Balaban J connectivity index is 1.94. The first-order chi connectivity index (χ1) is 10.1. The fourth-order valence-electron chi connectivity index (χ4n) is 1.56. The monoisotopic (exact) mass is 305 g/mol. The smallest absolute Gasteiger partial charge is 0.287 e. The zero-order valence-electron chi connectivity index (χ0n) is 10.8. The molecule has 1 amide bonds. The second kappa shape index (κ2) is 6.69. The van der Waals surface area contributed by atoms with Gasteiger partial charge in [0.25, 0.3) is 11.6 Å². The van der Waals surface area contributed by atoms with Gasteiger partial charge in [-0.3, -0.25) is 14.9 Å². The SMILES string of the molecule is O=C(NCc1cc(C#CCO)cs1)c1cc([N+](=O)[O-])c[nH]1. The van der Waals surface area contributed by atoms with E-state index in [4.69, 9.17) is 5.11 Å². The minimum Gasteiger partial charge on any atom is -0.384 e. The predicted octanol–water partition coefficient (Wildman–Crippen LogP) is 1.26. The summed E-state index contributed by atoms with van der Waals surface area (Å²) in [5, 5.41) is 23.6. The molecule has 3 N–H and O–H groups in total. The summed E-state index contributed by atoms with van der Waals surface area (Å²) < 4.78 is 0. The Morgan fingerprint density at radius 1 is 1.52 bits per heavy atom. The van der Waals surface area contributed by atoms with Crippen molar-refractivity contribution >= 4 is 22.9 Å². The lowest BCUT2D eigenvalue weighted by Crippen LogP contribution is -2.22. The summed E-state index contributed by atoms with van der Waals surface area (Å²) in [4.78, 5) is 25.2. The van der Waals surface area contributed by atoms with Crippen LogP contribution in [0.25, 0.3) is 0 Å². The van der Waals surface area contributed by atoms with Crippen molar-refractivity contribution in [1.82, 2.24) is 10.3 Å². The number of nitrogens with zero attached hydrogens (tertiary/aromatic N) is 1. The van der Waals surface area contributed by atoms with E-state index in [-0.39, 0.29) is 18.0 Å². The number of hydrogen-bond donors (Lipinski definition) is 3. The van der Waals surface area contributed by atoms with Crippen LogP contribution in [0.5, 0.6) is 0 Å². The largest absolute Gasteiger partial charge is 0.384 e. The molecule has 0 saturated heterocycles. The molecule has 0 spiro atoms. The van der Waals surface area contributed by atoms with Gasteiger partial charge >= 0.3 is 0 Å². The highest BCUT2D eigenvalue weighted by atomic mass is 32.1. The van der Waals surface area contributed by atoms with Crippen LogP contribution in [0.2, 0.25) is 0 Å². The van der Waals surface area contributed by atoms with Crippen LogP contribution in [0.3, 0.4) is 0 Å². The van der Waals surface area contributed by atoms with Gasteiger partial charge in [-0.1, -0.05) is 11.8 Å². The standard InChI is InChI=1S/C13H11N3O4S/c17-3-1-2-9-4-11(21-8-9)7-15-13(18)12-5-10(6-14-12)16(19)20/h4-6,8,14,17H,3,7H2,(H,15,18). The Morgan fingerprint density at radius 3 is 3.00 bits per heavy atom. The van der Waals surface area contributed by atoms with Crippen molar-refractivity contribution < 1.29 is 14.8 Å². The quantitative estimate of drug-likeness (QED) is 0.449. The molecule has 0 aliphatic carbocycles. The Bertz CT molecular complexity index is 723. The third kappa shape index (κ3) is 3.92. The highest BCUT2D eigenvalue weighted by Crippen LogP contribution is 2.15. The number of aromatic amines is 1. The molecule has 0 unspecified atom stereocenters. The van der Waals surface area contributed by atoms with E-state index >= 15 is 0 Å². The minimum absolute atomic E-state index is 0.138. The molecular formula is C13H11N3O4S. The average molecular weight is 305 g/mol. The zero-order chi connectivity index (χ0) is 15.2. The highest BCUT2D eigenvalue weighted by Gasteiger charge is 2.14. The predicted molar refractivity (Wildman–Crippen MR) is 76.9 cm³/mol. The third-order valence-electron chi connectivity index (χ3n) is 2.51. The highest BCUT2D eigenvalue weighted by molar-refractivity contribution is 7.10. The molecule has 0 aliphatic rings. The molecule has 0 radical (unpaired) electrons. The van der Waals surface area contributed by atoms with Crippen molar-refractivity contribution in [3.05, 3.63) is 50.0 Å². The van der Waals surface area contributed by atoms with Crippen LogP contribution in [0, 0.1) is 22.0 Å². The molecule has 2 aromatic heterocycles. The van der Waals surface area contributed by atoms with E-state index in [0.717, 1.165) is 10.4 Å². The molecule has 0 fully saturated rings. The first kappa shape index (κ1) is 14.8. The average Bonchev–Trinajstić information content (AvgIpc) is 3.11. The van der Waals surface area contributed by atoms with Crippen molar-refractivity contribution in [3.63, 3.8) is 0 Å². The van der Waals surface area contributed by atoms with Crippen LogP contribution in [-0.4, -0.2) is 27.5 Å². The normalized spacial score (nSPS) is 9.76. The number of aromatic nitrogens is 1. The Labute approximate surface area is 123 Å². The third-order valence-corrected chi connectivity index (χ3v) is 3.45. The number of carbonyl (C=O) groups is 1. The van der Waals surface area contributed by atoms with Gasteiger partial charge in [0.2, 0.25) is 0 Å². The zero-order valence-corrected chi connectivity index (χ0v) is 11.6. The topological polar surface area (TPSA) is 108 Å². The lowest BCUT2D eigenvalue weighted by Gasteiger charge is -2.00. The summed E-state index contributed by atoms with van der Waals surface area (Å²) in [5.74, 6) is 4.89. The molecule has 7 nitrogen and oxygen atoms in total. The molecule has 108 valence electrons. The van der Waals surface area contributed by atoms with Gasteiger partial charge in [-0.15, -0.1) is 11.3 Å². The first-order valence-corrected chi connectivity index (χ1v) is 6.76. The van der Waals surface area contributed by atoms with Crippen molar-refractivity contribution in [3.8, 4) is 11.8 Å². The van der Waals surface area contributed by atoms with Gasteiger partial charge in [0, 0.05) is 21.9 Å². The summed E-state index contributed by atoms with van der Waals surface area (Å²) in [6.45, 7) is 0.102. The maximum Gasteiger partial charge on any atom is 0.287 e. The van der Waals surface area contributed by atoms with Crippen molar-refractivity contribution in [1.29, 1.82) is 0 Å². The van der Waals surface area contributed by atoms with Gasteiger partial charge in [0.15, 0.2) is 0 Å². The number of H-pyrrole nitrogens is 1. The number of hydrogen-bond acceptors (Lipinski definition) is 5. The number of aliphatic hydroxyl groups excluding tert-OH is 1. The molecular weight excluding hydrogens is 294 g/mol. The van der Waals surface area contributed by atoms with E-state index in [0.29, 0.717) is 6.54 Å². The molecule has 21 heavy (non-hydrogen) atoms. The molecule has 8 heteroatoms. The van der Waals surface area contributed by atoms with Crippen LogP contribution in [0.15, 0.2) is 23.7 Å². The van der Waals surface area contributed by atoms with Crippen LogP contribution >= 0.6 is 11.3 Å². The van der Waals surface area contributed by atoms with Crippen LogP contribution in [0.1, 0.15) is 20.9 Å². The fraction of sp³-hybridized carbons (Fsp3) is 0.154. The number of rotatable bonds is 4. The van der Waals surface area contributed by atoms with Gasteiger partial charge in [-0.25, -0.2) is 0 Å². The molecule has 0 saturated carbocycles. The summed E-state index contributed by atoms with van der Waals surface area (Å²) in [7, 11) is 0. The molecule has 0 aliphatic heterocycles. The van der Waals surface area contributed by atoms with Gasteiger partial charge in [-0.05, 0) is 6.07 Å². The van der Waals surface area contributed by atoms with Crippen molar-refractivity contribution in [2.45, 2.75) is 6.54 Å². The lowest BCUT2D eigenvalue weighted by molar-refractivity contribution is -0.384. The molecule has 0 atom stereocenters. The number of nitro groups is 1. The molecule has 2 aromatic rings. The van der Waals surface area contributed by atoms with E-state index < -0.39 is 10.8 Å². The first-order valence-electron chi connectivity index (χ1n) is 5.88. The summed E-state index contributed by atoms with van der Waals surface area (Å²) in [5.41, 5.74) is 0.755. The van der Waals surface area contributed by atoms with E-state index in [2.05, 4.69) is 22.1 Å². The Hall–Kier alpha value is -2.63. The van der Waals surface area contributed by atoms with E-state index in [1.54, 1.807) is 0 Å². The maximum atomic E-state index is 11.8. The number of nitrogens with one attached hydrogen (secondary N) is 2. The van der Waals surface area contributed by atoms with E-state index in [1.807, 2.05) is 11.4 Å². The van der Waals surface area contributed by atoms with Gasteiger partial charge < -0.3 is 15.4 Å². The molecule has 0 bridgehead atoms. The Morgan fingerprint density at radius 2 is 2.33 bits per heavy atom. The molecule has 2 rings (SSSR count). The second-order valence-electron chi connectivity index (χ2n) is 3.97. The van der Waals surface area contributed by atoms with Gasteiger partial charge in [0.1, 0.15) is 12.3 Å². The van der Waals surface area contributed by atoms with Crippen LogP contribution in [-0.2, 0) is 6.54 Å². The van der Waals surface area contributed by atoms with Gasteiger partial charge in [-0.2, -0.15) is 0 Å². The van der Waals surface area contributed by atoms with E-state index in [1.165, 1.54) is 23.6 Å². The summed E-state index contributed by atoms with van der Waals surface area (Å²) in [6.07, 6.45) is 1.17. The second-order valence-corrected chi connectivity index (χ2v) is 4.97. The van der Waals surface area contributed by atoms with Gasteiger partial charge in [0.05, 0.1) is 17.7 Å². The Kier molecular flexibility index (Phi) is 4.71. The lowest BCUT2D eigenvalue weighted by atomic mass is 10.3.